The van der Waals surface area contributed by atoms with E-state index >= 15 is 0 Å². The van der Waals surface area contributed by atoms with E-state index in [1.807, 2.05) is 0 Å². The second-order valence-electron chi connectivity index (χ2n) is 4.31. The summed E-state index contributed by atoms with van der Waals surface area (Å²) in [5.41, 5.74) is 0. The number of fused-ring (bicyclic) bond motifs is 2. The van der Waals surface area contributed by atoms with Crippen LogP contribution in [-0.4, -0.2) is 33.1 Å². The van der Waals surface area contributed by atoms with Gasteiger partial charge in [-0.05, 0) is 19.3 Å². The molecule has 0 radical (unpaired) electrons. The molecule has 78 valence electrons. The molecule has 3 rings (SSSR count). The van der Waals surface area contributed by atoms with Crippen LogP contribution in [0.15, 0.2) is 0 Å². The molecule has 0 aromatic rings. The number of ether oxygens (including phenoxy) is 1. The van der Waals surface area contributed by atoms with Gasteiger partial charge in [0, 0.05) is 27.9 Å². The number of rotatable bonds is 1. The van der Waals surface area contributed by atoms with Crippen LogP contribution in [0.25, 0.3) is 0 Å². The van der Waals surface area contributed by atoms with Crippen molar-refractivity contribution in [2.24, 2.45) is 0 Å². The van der Waals surface area contributed by atoms with Gasteiger partial charge in [0.25, 0.3) is 0 Å². The molecule has 14 heavy (non-hydrogen) atoms. The van der Waals surface area contributed by atoms with E-state index in [2.05, 4.69) is 23.5 Å². The fourth-order valence-electron chi connectivity index (χ4n) is 2.80. The molecule has 0 spiro atoms. The zero-order valence-electron chi connectivity index (χ0n) is 8.14. The fourth-order valence-corrected chi connectivity index (χ4v) is 6.89. The molecular formula is C10H14O2S2. The molecule has 0 amide bonds. The van der Waals surface area contributed by atoms with Crippen molar-refractivity contribution < 1.29 is 9.53 Å². The maximum atomic E-state index is 11.0. The van der Waals surface area contributed by atoms with Crippen molar-refractivity contribution in [3.05, 3.63) is 0 Å². The van der Waals surface area contributed by atoms with Gasteiger partial charge in [0.2, 0.25) is 0 Å². The lowest BCUT2D eigenvalue weighted by molar-refractivity contribution is -0.146. The van der Waals surface area contributed by atoms with Crippen molar-refractivity contribution in [1.82, 2.24) is 0 Å². The van der Waals surface area contributed by atoms with Crippen LogP contribution in [0.3, 0.4) is 0 Å². The minimum Gasteiger partial charge on any atom is -0.460 e. The first kappa shape index (κ1) is 9.40. The molecule has 0 aromatic heterocycles. The van der Waals surface area contributed by atoms with E-state index in [1.165, 1.54) is 26.2 Å². The topological polar surface area (TPSA) is 26.3 Å². The zero-order valence-corrected chi connectivity index (χ0v) is 9.77. The highest BCUT2D eigenvalue weighted by Crippen LogP contribution is 2.56. The highest BCUT2D eigenvalue weighted by Gasteiger charge is 2.52. The summed E-state index contributed by atoms with van der Waals surface area (Å²) in [6.45, 7) is 1.53. The molecule has 3 saturated heterocycles. The summed E-state index contributed by atoms with van der Waals surface area (Å²) in [7, 11) is 0. The Morgan fingerprint density at radius 1 is 1.14 bits per heavy atom. The maximum Gasteiger partial charge on any atom is 0.302 e. The van der Waals surface area contributed by atoms with Gasteiger partial charge in [-0.3, -0.25) is 4.79 Å². The van der Waals surface area contributed by atoms with Gasteiger partial charge in [-0.2, -0.15) is 23.5 Å². The summed E-state index contributed by atoms with van der Waals surface area (Å²) in [5, 5.41) is 2.90. The quantitative estimate of drug-likeness (QED) is 0.644. The number of esters is 1. The summed E-state index contributed by atoms with van der Waals surface area (Å²) in [6.07, 6.45) is 4.04. The van der Waals surface area contributed by atoms with E-state index in [1.54, 1.807) is 0 Å². The summed E-state index contributed by atoms with van der Waals surface area (Å²) in [6, 6.07) is 0. The normalized spacial score (nSPS) is 49.4. The van der Waals surface area contributed by atoms with Crippen molar-refractivity contribution in [2.75, 3.05) is 0 Å². The van der Waals surface area contributed by atoms with Gasteiger partial charge in [-0.25, -0.2) is 0 Å². The number of hydrogen-bond donors (Lipinski definition) is 0. The molecule has 5 atom stereocenters. The number of carbonyl (C=O) groups is 1. The largest absolute Gasteiger partial charge is 0.460 e. The zero-order chi connectivity index (χ0) is 9.71. The van der Waals surface area contributed by atoms with E-state index in [0.717, 1.165) is 10.5 Å². The van der Waals surface area contributed by atoms with Gasteiger partial charge in [0.1, 0.15) is 6.10 Å². The Morgan fingerprint density at radius 2 is 1.86 bits per heavy atom. The van der Waals surface area contributed by atoms with E-state index in [4.69, 9.17) is 4.74 Å². The molecule has 3 bridgehead atoms. The Kier molecular flexibility index (Phi) is 2.24. The molecule has 0 N–H and O–H groups in total. The van der Waals surface area contributed by atoms with Crippen LogP contribution in [0.2, 0.25) is 0 Å². The molecule has 3 heterocycles. The fraction of sp³-hybridized carbons (Fsp3) is 0.900. The van der Waals surface area contributed by atoms with Crippen LogP contribution in [0.4, 0.5) is 0 Å². The molecule has 3 aliphatic rings. The highest BCUT2D eigenvalue weighted by molar-refractivity contribution is 8.06. The van der Waals surface area contributed by atoms with E-state index in [-0.39, 0.29) is 12.1 Å². The second kappa shape index (κ2) is 3.34. The summed E-state index contributed by atoms with van der Waals surface area (Å²) < 4.78 is 5.47. The first-order valence-corrected chi connectivity index (χ1v) is 7.11. The van der Waals surface area contributed by atoms with Crippen molar-refractivity contribution in [3.8, 4) is 0 Å². The van der Waals surface area contributed by atoms with Crippen molar-refractivity contribution in [3.63, 3.8) is 0 Å². The Labute approximate surface area is 92.5 Å². The molecular weight excluding hydrogens is 216 g/mol. The van der Waals surface area contributed by atoms with Gasteiger partial charge in [0.05, 0.1) is 0 Å². The van der Waals surface area contributed by atoms with Gasteiger partial charge in [-0.15, -0.1) is 0 Å². The lowest BCUT2D eigenvalue weighted by Crippen LogP contribution is -2.42. The second-order valence-corrected chi connectivity index (χ2v) is 7.28. The molecule has 1 unspecified atom stereocenters. The van der Waals surface area contributed by atoms with E-state index in [9.17, 15) is 4.79 Å². The van der Waals surface area contributed by atoms with Gasteiger partial charge < -0.3 is 4.74 Å². The van der Waals surface area contributed by atoms with Gasteiger partial charge >= 0.3 is 5.97 Å². The summed E-state index contributed by atoms with van der Waals surface area (Å²) in [4.78, 5) is 11.0. The van der Waals surface area contributed by atoms with Crippen molar-refractivity contribution in [2.45, 2.75) is 53.3 Å². The Bertz CT molecular complexity index is 261. The maximum absolute atomic E-state index is 11.0. The number of hydrogen-bond acceptors (Lipinski definition) is 4. The van der Waals surface area contributed by atoms with E-state index < -0.39 is 0 Å². The molecule has 0 aliphatic carbocycles. The lowest BCUT2D eigenvalue weighted by Gasteiger charge is -2.37. The van der Waals surface area contributed by atoms with Gasteiger partial charge in [-0.1, -0.05) is 0 Å². The monoisotopic (exact) mass is 230 g/mol. The average Bonchev–Trinajstić information content (AvgIpc) is 2.43. The third-order valence-corrected chi connectivity index (χ3v) is 6.97. The Balaban J connectivity index is 1.81. The summed E-state index contributed by atoms with van der Waals surface area (Å²) >= 11 is 4.15. The van der Waals surface area contributed by atoms with Crippen LogP contribution >= 0.6 is 23.5 Å². The van der Waals surface area contributed by atoms with Gasteiger partial charge in [0.15, 0.2) is 0 Å². The highest BCUT2D eigenvalue weighted by atomic mass is 32.2. The minimum atomic E-state index is -0.106. The van der Waals surface area contributed by atoms with Crippen LogP contribution in [0, 0.1) is 0 Å². The standard InChI is InChI=1S/C10H14O2S2/c1-5(11)12-10-7-3-2-6-8(14-7)4-9(10)13-6/h6-10H,2-4H2,1H3/t6-,7+,8-,9+,10?/m1/s1. The lowest BCUT2D eigenvalue weighted by atomic mass is 9.96. The molecule has 4 heteroatoms. The molecule has 2 nitrogen and oxygen atoms in total. The van der Waals surface area contributed by atoms with Crippen LogP contribution in [0.1, 0.15) is 26.2 Å². The smallest absolute Gasteiger partial charge is 0.302 e. The number of carbonyl (C=O) groups excluding carboxylic acids is 1. The Morgan fingerprint density at radius 3 is 2.64 bits per heavy atom. The molecule has 0 aromatic carbocycles. The number of thioether (sulfide) groups is 2. The molecule has 3 fully saturated rings. The molecule has 0 saturated carbocycles. The van der Waals surface area contributed by atoms with E-state index in [0.29, 0.717) is 10.5 Å². The van der Waals surface area contributed by atoms with Crippen molar-refractivity contribution >= 4 is 29.5 Å². The van der Waals surface area contributed by atoms with Crippen LogP contribution in [0.5, 0.6) is 0 Å². The van der Waals surface area contributed by atoms with Crippen LogP contribution in [-0.2, 0) is 9.53 Å². The van der Waals surface area contributed by atoms with Crippen molar-refractivity contribution in [1.29, 1.82) is 0 Å². The minimum absolute atomic E-state index is 0.106. The first-order valence-electron chi connectivity index (χ1n) is 5.22. The summed E-state index contributed by atoms with van der Waals surface area (Å²) in [5.74, 6) is -0.106. The van der Waals surface area contributed by atoms with Crippen LogP contribution < -0.4 is 0 Å². The Hall–Kier alpha value is 0.170. The first-order chi connectivity index (χ1) is 6.74. The average molecular weight is 230 g/mol. The third kappa shape index (κ3) is 1.38. The predicted molar refractivity (Wildman–Crippen MR) is 59.7 cm³/mol. The predicted octanol–water partition coefficient (Wildman–Crippen LogP) is 2.07. The third-order valence-electron chi connectivity index (χ3n) is 3.35. The molecule has 3 aliphatic heterocycles. The SMILES string of the molecule is CC(=O)OC1[C@@H]2C[C@H]3S[C@H]1CC[C@H]3S2.